The highest BCUT2D eigenvalue weighted by molar-refractivity contribution is 6.36. The van der Waals surface area contributed by atoms with E-state index in [1.807, 2.05) is 12.1 Å². The average Bonchev–Trinajstić information content (AvgIpc) is 2.56. The summed E-state index contributed by atoms with van der Waals surface area (Å²) in [4.78, 5) is 24.1. The smallest absolute Gasteiger partial charge is 0.251 e. The average molecular weight is 393 g/mol. The molecule has 138 valence electrons. The molecule has 0 unspecified atom stereocenters. The van der Waals surface area contributed by atoms with Crippen molar-refractivity contribution >= 4 is 40.7 Å². The second-order valence-corrected chi connectivity index (χ2v) is 7.85. The molecule has 2 aromatic rings. The van der Waals surface area contributed by atoms with E-state index < -0.39 is 0 Å². The molecule has 6 heteroatoms. The van der Waals surface area contributed by atoms with E-state index in [1.165, 1.54) is 0 Å². The van der Waals surface area contributed by atoms with Gasteiger partial charge in [0.1, 0.15) is 0 Å². The van der Waals surface area contributed by atoms with E-state index >= 15 is 0 Å². The summed E-state index contributed by atoms with van der Waals surface area (Å²) in [6.07, 6.45) is 0.144. The molecule has 0 bridgehead atoms. The van der Waals surface area contributed by atoms with E-state index in [0.29, 0.717) is 21.3 Å². The molecule has 0 spiro atoms. The van der Waals surface area contributed by atoms with Gasteiger partial charge in [-0.1, -0.05) is 56.1 Å². The number of rotatable bonds is 5. The van der Waals surface area contributed by atoms with Crippen molar-refractivity contribution < 1.29 is 9.59 Å². The maximum Gasteiger partial charge on any atom is 0.251 e. The van der Waals surface area contributed by atoms with Crippen LogP contribution >= 0.6 is 23.2 Å². The summed E-state index contributed by atoms with van der Waals surface area (Å²) in [5.74, 6) is -0.444. The molecule has 2 rings (SSSR count). The number of carbonyl (C=O) groups is 2. The Bertz CT molecular complexity index is 796. The Morgan fingerprint density at radius 1 is 1.00 bits per heavy atom. The van der Waals surface area contributed by atoms with E-state index in [2.05, 4.69) is 31.4 Å². The largest absolute Gasteiger partial charge is 0.352 e. The van der Waals surface area contributed by atoms with Crippen molar-refractivity contribution in [2.45, 2.75) is 32.6 Å². The number of anilines is 1. The Hall–Kier alpha value is -2.04. The van der Waals surface area contributed by atoms with Crippen LogP contribution in [0, 0.1) is 0 Å². The Morgan fingerprint density at radius 2 is 1.65 bits per heavy atom. The van der Waals surface area contributed by atoms with Gasteiger partial charge >= 0.3 is 0 Å². The first kappa shape index (κ1) is 20.3. The van der Waals surface area contributed by atoms with Crippen LogP contribution in [0.15, 0.2) is 42.5 Å². The zero-order valence-corrected chi connectivity index (χ0v) is 16.5. The van der Waals surface area contributed by atoms with Crippen molar-refractivity contribution in [2.75, 3.05) is 11.9 Å². The van der Waals surface area contributed by atoms with Crippen molar-refractivity contribution in [3.05, 3.63) is 63.6 Å². The van der Waals surface area contributed by atoms with Crippen molar-refractivity contribution in [3.63, 3.8) is 0 Å². The van der Waals surface area contributed by atoms with Crippen LogP contribution in [0.5, 0.6) is 0 Å². The highest BCUT2D eigenvalue weighted by atomic mass is 35.5. The van der Waals surface area contributed by atoms with Gasteiger partial charge in [0.25, 0.3) is 5.91 Å². The molecule has 2 amide bonds. The van der Waals surface area contributed by atoms with Crippen molar-refractivity contribution in [3.8, 4) is 0 Å². The van der Waals surface area contributed by atoms with Gasteiger partial charge in [-0.3, -0.25) is 9.59 Å². The number of hydrogen-bond donors (Lipinski definition) is 2. The molecule has 0 aliphatic heterocycles. The lowest BCUT2D eigenvalue weighted by Crippen LogP contribution is -2.27. The normalized spacial score (nSPS) is 11.1. The van der Waals surface area contributed by atoms with E-state index in [-0.39, 0.29) is 30.2 Å². The second kappa shape index (κ2) is 8.56. The van der Waals surface area contributed by atoms with Gasteiger partial charge in [0.05, 0.1) is 10.7 Å². The first-order valence-corrected chi connectivity index (χ1v) is 9.06. The van der Waals surface area contributed by atoms with Gasteiger partial charge in [0.2, 0.25) is 5.91 Å². The van der Waals surface area contributed by atoms with Crippen LogP contribution in [-0.2, 0) is 10.2 Å². The fraction of sp³-hybridized carbons (Fsp3) is 0.300. The van der Waals surface area contributed by atoms with Crippen molar-refractivity contribution in [1.82, 2.24) is 5.32 Å². The quantitative estimate of drug-likeness (QED) is 0.747. The number of halogens is 2. The number of amides is 2. The monoisotopic (exact) mass is 392 g/mol. The third-order valence-corrected chi connectivity index (χ3v) is 4.40. The van der Waals surface area contributed by atoms with Crippen LogP contribution in [0.4, 0.5) is 5.69 Å². The standard InChI is InChI=1S/C20H22Cl2N2O2/c1-20(2,3)14-6-4-13(5-7-14)19(26)23-11-10-18(25)24-17-9-8-15(21)12-16(17)22/h4-9,12H,10-11H2,1-3H3,(H,23,26)(H,24,25). The topological polar surface area (TPSA) is 58.2 Å². The predicted octanol–water partition coefficient (Wildman–Crippen LogP) is 5.05. The third kappa shape index (κ3) is 5.75. The van der Waals surface area contributed by atoms with E-state index in [1.54, 1.807) is 30.3 Å². The van der Waals surface area contributed by atoms with Crippen LogP contribution in [0.1, 0.15) is 43.1 Å². The number of nitrogens with one attached hydrogen (secondary N) is 2. The molecule has 0 radical (unpaired) electrons. The summed E-state index contributed by atoms with van der Waals surface area (Å²) in [5.41, 5.74) is 2.26. The first-order chi connectivity index (χ1) is 12.2. The number of benzene rings is 2. The molecule has 0 saturated carbocycles. The molecule has 0 atom stereocenters. The van der Waals surface area contributed by atoms with Gasteiger partial charge in [-0.15, -0.1) is 0 Å². The van der Waals surface area contributed by atoms with Gasteiger partial charge in [0.15, 0.2) is 0 Å². The van der Waals surface area contributed by atoms with E-state index in [0.717, 1.165) is 5.56 Å². The number of hydrogen-bond acceptors (Lipinski definition) is 2. The van der Waals surface area contributed by atoms with E-state index in [4.69, 9.17) is 23.2 Å². The highest BCUT2D eigenvalue weighted by Crippen LogP contribution is 2.25. The van der Waals surface area contributed by atoms with Crippen LogP contribution < -0.4 is 10.6 Å². The minimum absolute atomic E-state index is 0.0377. The third-order valence-electron chi connectivity index (χ3n) is 3.86. The summed E-state index contributed by atoms with van der Waals surface area (Å²) < 4.78 is 0. The minimum Gasteiger partial charge on any atom is -0.352 e. The molecule has 0 aromatic heterocycles. The van der Waals surface area contributed by atoms with Gasteiger partial charge in [0, 0.05) is 23.6 Å². The molecule has 0 aliphatic carbocycles. The maximum atomic E-state index is 12.2. The zero-order valence-electron chi connectivity index (χ0n) is 15.0. The lowest BCUT2D eigenvalue weighted by Gasteiger charge is -2.19. The van der Waals surface area contributed by atoms with E-state index in [9.17, 15) is 9.59 Å². The molecular weight excluding hydrogens is 371 g/mol. The van der Waals surface area contributed by atoms with Crippen LogP contribution in [-0.4, -0.2) is 18.4 Å². The molecule has 0 heterocycles. The summed E-state index contributed by atoms with van der Waals surface area (Å²) >= 11 is 11.8. The first-order valence-electron chi connectivity index (χ1n) is 8.30. The molecule has 0 aliphatic rings. The van der Waals surface area contributed by atoms with Crippen LogP contribution in [0.3, 0.4) is 0 Å². The molecule has 4 nitrogen and oxygen atoms in total. The SMILES string of the molecule is CC(C)(C)c1ccc(C(=O)NCCC(=O)Nc2ccc(Cl)cc2Cl)cc1. The lowest BCUT2D eigenvalue weighted by molar-refractivity contribution is -0.116. The van der Waals surface area contributed by atoms with Crippen molar-refractivity contribution in [1.29, 1.82) is 0 Å². The Labute approximate surface area is 163 Å². The lowest BCUT2D eigenvalue weighted by atomic mass is 9.87. The van der Waals surface area contributed by atoms with Gasteiger partial charge in [-0.25, -0.2) is 0 Å². The molecule has 0 fully saturated rings. The fourth-order valence-electron chi connectivity index (χ4n) is 2.32. The second-order valence-electron chi connectivity index (χ2n) is 7.01. The fourth-order valence-corrected chi connectivity index (χ4v) is 2.77. The molecule has 26 heavy (non-hydrogen) atoms. The van der Waals surface area contributed by atoms with Crippen LogP contribution in [0.2, 0.25) is 10.0 Å². The summed E-state index contributed by atoms with van der Waals surface area (Å²) in [5, 5.41) is 6.31. The van der Waals surface area contributed by atoms with Crippen molar-refractivity contribution in [2.24, 2.45) is 0 Å². The molecule has 2 N–H and O–H groups in total. The summed E-state index contributed by atoms with van der Waals surface area (Å²) in [6.45, 7) is 6.59. The Kier molecular flexibility index (Phi) is 6.68. The summed E-state index contributed by atoms with van der Waals surface area (Å²) in [6, 6.07) is 12.3. The van der Waals surface area contributed by atoms with Gasteiger partial charge in [-0.05, 0) is 41.3 Å². The van der Waals surface area contributed by atoms with Gasteiger partial charge < -0.3 is 10.6 Å². The molecule has 2 aromatic carbocycles. The molecule has 0 saturated heterocycles. The molecular formula is C20H22Cl2N2O2. The van der Waals surface area contributed by atoms with Gasteiger partial charge in [-0.2, -0.15) is 0 Å². The Morgan fingerprint density at radius 3 is 2.23 bits per heavy atom. The highest BCUT2D eigenvalue weighted by Gasteiger charge is 2.14. The zero-order chi connectivity index (χ0) is 19.3. The number of carbonyl (C=O) groups excluding carboxylic acids is 2. The maximum absolute atomic E-state index is 12.2. The predicted molar refractivity (Wildman–Crippen MR) is 107 cm³/mol. The minimum atomic E-state index is -0.238. The summed E-state index contributed by atoms with van der Waals surface area (Å²) in [7, 11) is 0. The Balaban J connectivity index is 1.83. The van der Waals surface area contributed by atoms with Crippen LogP contribution in [0.25, 0.3) is 0 Å².